The Morgan fingerprint density at radius 3 is 2.95 bits per heavy atom. The zero-order valence-corrected chi connectivity index (χ0v) is 12.5. The van der Waals surface area contributed by atoms with Gasteiger partial charge in [-0.3, -0.25) is 4.90 Å². The van der Waals surface area contributed by atoms with E-state index in [2.05, 4.69) is 41.3 Å². The van der Waals surface area contributed by atoms with Crippen molar-refractivity contribution >= 4 is 5.57 Å². The molecule has 2 aliphatic heterocycles. The third-order valence-corrected chi connectivity index (χ3v) is 4.27. The fraction of sp³-hybridized carbons (Fsp3) is 0.733. The van der Waals surface area contributed by atoms with Crippen molar-refractivity contribution in [1.82, 2.24) is 19.9 Å². The first kappa shape index (κ1) is 13.8. The molecule has 20 heavy (non-hydrogen) atoms. The predicted octanol–water partition coefficient (Wildman–Crippen LogP) is 2.13. The summed E-state index contributed by atoms with van der Waals surface area (Å²) in [7, 11) is 0. The SMILES string of the molecule is CC(C)n1cc(C2=CCCN(C3CCOC3)CC2)nn1. The Balaban J connectivity index is 1.64. The molecule has 0 N–H and O–H groups in total. The molecular formula is C15H24N4O. The molecule has 0 aromatic carbocycles. The molecule has 1 atom stereocenters. The summed E-state index contributed by atoms with van der Waals surface area (Å²) >= 11 is 0. The summed E-state index contributed by atoms with van der Waals surface area (Å²) in [5.74, 6) is 0. The van der Waals surface area contributed by atoms with Gasteiger partial charge in [0.15, 0.2) is 0 Å². The quantitative estimate of drug-likeness (QED) is 0.848. The molecule has 5 heteroatoms. The summed E-state index contributed by atoms with van der Waals surface area (Å²) in [6.45, 7) is 8.32. The van der Waals surface area contributed by atoms with Gasteiger partial charge in [-0.2, -0.15) is 0 Å². The van der Waals surface area contributed by atoms with Gasteiger partial charge in [0, 0.05) is 31.8 Å². The molecule has 0 spiro atoms. The Morgan fingerprint density at radius 2 is 2.25 bits per heavy atom. The lowest BCUT2D eigenvalue weighted by Gasteiger charge is -2.25. The first-order valence-electron chi connectivity index (χ1n) is 7.67. The first-order chi connectivity index (χ1) is 9.74. The molecule has 0 radical (unpaired) electrons. The molecule has 5 nitrogen and oxygen atoms in total. The van der Waals surface area contributed by atoms with E-state index in [4.69, 9.17) is 4.74 Å². The fourth-order valence-electron chi connectivity index (χ4n) is 2.97. The highest BCUT2D eigenvalue weighted by Gasteiger charge is 2.24. The van der Waals surface area contributed by atoms with Crippen LogP contribution in [0.15, 0.2) is 12.3 Å². The van der Waals surface area contributed by atoms with Gasteiger partial charge in [-0.1, -0.05) is 11.3 Å². The number of rotatable bonds is 3. The summed E-state index contributed by atoms with van der Waals surface area (Å²) in [6.07, 6.45) is 7.75. The fourth-order valence-corrected chi connectivity index (χ4v) is 2.97. The van der Waals surface area contributed by atoms with Gasteiger partial charge in [-0.25, -0.2) is 4.68 Å². The molecule has 0 aliphatic carbocycles. The Bertz CT molecular complexity index is 474. The zero-order chi connectivity index (χ0) is 13.9. The molecule has 3 heterocycles. The lowest BCUT2D eigenvalue weighted by Crippen LogP contribution is -2.36. The van der Waals surface area contributed by atoms with Crippen LogP contribution in [0.3, 0.4) is 0 Å². The van der Waals surface area contributed by atoms with E-state index in [1.165, 1.54) is 12.0 Å². The highest BCUT2D eigenvalue weighted by Crippen LogP contribution is 2.23. The van der Waals surface area contributed by atoms with Gasteiger partial charge in [0.2, 0.25) is 0 Å². The van der Waals surface area contributed by atoms with Gasteiger partial charge in [-0.05, 0) is 38.7 Å². The monoisotopic (exact) mass is 276 g/mol. The van der Waals surface area contributed by atoms with Crippen LogP contribution in [0.25, 0.3) is 5.57 Å². The molecular weight excluding hydrogens is 252 g/mol. The van der Waals surface area contributed by atoms with E-state index < -0.39 is 0 Å². The molecule has 2 aliphatic rings. The first-order valence-corrected chi connectivity index (χ1v) is 7.67. The highest BCUT2D eigenvalue weighted by atomic mass is 16.5. The Morgan fingerprint density at radius 1 is 1.35 bits per heavy atom. The Hall–Kier alpha value is -1.20. The van der Waals surface area contributed by atoms with Gasteiger partial charge in [0.05, 0.1) is 12.8 Å². The van der Waals surface area contributed by atoms with Crippen LogP contribution in [0.2, 0.25) is 0 Å². The number of ether oxygens (including phenoxy) is 1. The van der Waals surface area contributed by atoms with Crippen LogP contribution in [0.4, 0.5) is 0 Å². The topological polar surface area (TPSA) is 43.2 Å². The summed E-state index contributed by atoms with van der Waals surface area (Å²) in [5, 5.41) is 8.54. The van der Waals surface area contributed by atoms with E-state index in [1.54, 1.807) is 0 Å². The minimum absolute atomic E-state index is 0.370. The van der Waals surface area contributed by atoms with E-state index in [0.717, 1.165) is 44.8 Å². The average molecular weight is 276 g/mol. The smallest absolute Gasteiger partial charge is 0.108 e. The minimum atomic E-state index is 0.370. The van der Waals surface area contributed by atoms with E-state index in [9.17, 15) is 0 Å². The van der Waals surface area contributed by atoms with Crippen molar-refractivity contribution in [2.75, 3.05) is 26.3 Å². The van der Waals surface area contributed by atoms with Crippen molar-refractivity contribution in [2.45, 2.75) is 45.2 Å². The third-order valence-electron chi connectivity index (χ3n) is 4.27. The van der Waals surface area contributed by atoms with Crippen LogP contribution in [0, 0.1) is 0 Å². The molecule has 1 aromatic rings. The van der Waals surface area contributed by atoms with Crippen LogP contribution in [0.1, 0.15) is 44.8 Å². The van der Waals surface area contributed by atoms with Crippen molar-refractivity contribution in [3.05, 3.63) is 18.0 Å². The average Bonchev–Trinajstić information content (AvgIpc) is 3.07. The van der Waals surface area contributed by atoms with Gasteiger partial charge < -0.3 is 4.74 Å². The van der Waals surface area contributed by atoms with E-state index in [1.807, 2.05) is 4.68 Å². The van der Waals surface area contributed by atoms with Gasteiger partial charge in [-0.15, -0.1) is 5.10 Å². The minimum Gasteiger partial charge on any atom is -0.380 e. The third kappa shape index (κ3) is 2.94. The molecule has 110 valence electrons. The number of nitrogens with zero attached hydrogens (tertiary/aromatic N) is 4. The van der Waals surface area contributed by atoms with Crippen LogP contribution in [0.5, 0.6) is 0 Å². The molecule has 1 fully saturated rings. The van der Waals surface area contributed by atoms with Crippen LogP contribution in [-0.2, 0) is 4.74 Å². The van der Waals surface area contributed by atoms with Crippen LogP contribution in [-0.4, -0.2) is 52.2 Å². The van der Waals surface area contributed by atoms with Crippen molar-refractivity contribution in [2.24, 2.45) is 0 Å². The molecule has 1 aromatic heterocycles. The van der Waals surface area contributed by atoms with E-state index >= 15 is 0 Å². The molecule has 3 rings (SSSR count). The maximum absolute atomic E-state index is 5.51. The van der Waals surface area contributed by atoms with Gasteiger partial charge in [0.1, 0.15) is 5.69 Å². The molecule has 1 unspecified atom stereocenters. The molecule has 0 bridgehead atoms. The summed E-state index contributed by atoms with van der Waals surface area (Å²) < 4.78 is 7.44. The van der Waals surface area contributed by atoms with Crippen molar-refractivity contribution in [1.29, 1.82) is 0 Å². The largest absolute Gasteiger partial charge is 0.380 e. The van der Waals surface area contributed by atoms with Gasteiger partial charge in [0.25, 0.3) is 0 Å². The maximum atomic E-state index is 5.51. The van der Waals surface area contributed by atoms with Crippen LogP contribution < -0.4 is 0 Å². The number of hydrogen-bond donors (Lipinski definition) is 0. The predicted molar refractivity (Wildman–Crippen MR) is 78.4 cm³/mol. The van der Waals surface area contributed by atoms with E-state index in [0.29, 0.717) is 12.1 Å². The normalized spacial score (nSPS) is 24.9. The van der Waals surface area contributed by atoms with Crippen molar-refractivity contribution < 1.29 is 4.74 Å². The summed E-state index contributed by atoms with van der Waals surface area (Å²) in [5.41, 5.74) is 2.39. The molecule has 0 saturated carbocycles. The van der Waals surface area contributed by atoms with Gasteiger partial charge >= 0.3 is 0 Å². The lowest BCUT2D eigenvalue weighted by molar-refractivity contribution is 0.147. The number of aromatic nitrogens is 3. The van der Waals surface area contributed by atoms with Crippen molar-refractivity contribution in [3.8, 4) is 0 Å². The Kier molecular flexibility index (Phi) is 4.17. The molecule has 1 saturated heterocycles. The standard InChI is InChI=1S/C15H24N4O/c1-12(2)19-10-15(16-17-19)13-4-3-7-18(8-5-13)14-6-9-20-11-14/h4,10,12,14H,3,5-9,11H2,1-2H3. The van der Waals surface area contributed by atoms with E-state index in [-0.39, 0.29) is 0 Å². The second-order valence-electron chi connectivity index (χ2n) is 6.00. The number of hydrogen-bond acceptors (Lipinski definition) is 4. The summed E-state index contributed by atoms with van der Waals surface area (Å²) in [4.78, 5) is 2.57. The second-order valence-corrected chi connectivity index (χ2v) is 6.00. The second kappa shape index (κ2) is 6.06. The zero-order valence-electron chi connectivity index (χ0n) is 12.5. The molecule has 0 amide bonds. The lowest BCUT2D eigenvalue weighted by atomic mass is 10.1. The highest BCUT2D eigenvalue weighted by molar-refractivity contribution is 5.62. The maximum Gasteiger partial charge on any atom is 0.108 e. The summed E-state index contributed by atoms with van der Waals surface area (Å²) in [6, 6.07) is 0.990. The van der Waals surface area contributed by atoms with Crippen LogP contribution >= 0.6 is 0 Å². The van der Waals surface area contributed by atoms with Crippen molar-refractivity contribution in [3.63, 3.8) is 0 Å². The Labute approximate surface area is 120 Å².